The second-order valence-electron chi connectivity index (χ2n) is 2.29. The van der Waals surface area contributed by atoms with Crippen molar-refractivity contribution in [2.75, 3.05) is 0 Å². The molecule has 2 atom stereocenters. The van der Waals surface area contributed by atoms with Gasteiger partial charge in [-0.3, -0.25) is 4.79 Å². The zero-order valence-electron chi connectivity index (χ0n) is 6.18. The van der Waals surface area contributed by atoms with Crippen LogP contribution in [0.2, 0.25) is 0 Å². The van der Waals surface area contributed by atoms with E-state index in [1.807, 2.05) is 13.8 Å². The minimum atomic E-state index is -0.238. The molecule has 0 saturated carbocycles. The maximum Gasteiger partial charge on any atom is 0.303 e. The Labute approximate surface area is 55.2 Å². The Morgan fingerprint density at radius 2 is 2.00 bits per heavy atom. The van der Waals surface area contributed by atoms with Crippen molar-refractivity contribution in [3.8, 4) is 0 Å². The maximum atomic E-state index is 10.3. The Morgan fingerprint density at radius 1 is 1.56 bits per heavy atom. The molecule has 9 heavy (non-hydrogen) atoms. The fourth-order valence-corrected chi connectivity index (χ4v) is 0.378. The lowest BCUT2D eigenvalue weighted by Gasteiger charge is -2.11. The van der Waals surface area contributed by atoms with Gasteiger partial charge in [0, 0.05) is 6.92 Å². The van der Waals surface area contributed by atoms with Crippen molar-refractivity contribution in [2.24, 2.45) is 0 Å². The third-order valence-electron chi connectivity index (χ3n) is 1.15. The van der Waals surface area contributed by atoms with Crippen molar-refractivity contribution in [3.63, 3.8) is 0 Å². The largest absolute Gasteiger partial charge is 0.457 e. The SMILES string of the molecule is CC(=O)OC(C)C(C)[NH3+]. The first kappa shape index (κ1) is 8.43. The van der Waals surface area contributed by atoms with Gasteiger partial charge in [0.2, 0.25) is 0 Å². The summed E-state index contributed by atoms with van der Waals surface area (Å²) in [5.41, 5.74) is 3.71. The van der Waals surface area contributed by atoms with E-state index in [1.54, 1.807) is 0 Å². The molecule has 3 nitrogen and oxygen atoms in total. The molecule has 0 aromatic heterocycles. The fraction of sp³-hybridized carbons (Fsp3) is 0.833. The van der Waals surface area contributed by atoms with Crippen molar-refractivity contribution in [1.29, 1.82) is 0 Å². The number of rotatable bonds is 2. The first-order valence-electron chi connectivity index (χ1n) is 3.04. The number of carbonyl (C=O) groups excluding carboxylic acids is 1. The van der Waals surface area contributed by atoms with E-state index in [0.29, 0.717) is 0 Å². The minimum Gasteiger partial charge on any atom is -0.457 e. The molecule has 0 amide bonds. The van der Waals surface area contributed by atoms with Crippen molar-refractivity contribution < 1.29 is 15.3 Å². The standard InChI is InChI=1S/C6H13NO2/c1-4(7)5(2)9-6(3)8/h4-5H,7H2,1-3H3/p+1. The van der Waals surface area contributed by atoms with Crippen LogP contribution in [0.15, 0.2) is 0 Å². The molecule has 0 saturated heterocycles. The third-order valence-corrected chi connectivity index (χ3v) is 1.15. The molecule has 0 aliphatic heterocycles. The molecule has 0 aliphatic carbocycles. The summed E-state index contributed by atoms with van der Waals surface area (Å²) < 4.78 is 4.81. The van der Waals surface area contributed by atoms with Crippen molar-refractivity contribution in [3.05, 3.63) is 0 Å². The van der Waals surface area contributed by atoms with E-state index in [2.05, 4.69) is 5.73 Å². The van der Waals surface area contributed by atoms with Gasteiger partial charge in [0.15, 0.2) is 0 Å². The molecule has 0 aliphatic rings. The highest BCUT2D eigenvalue weighted by molar-refractivity contribution is 5.66. The molecule has 0 bridgehead atoms. The molecule has 0 radical (unpaired) electrons. The predicted octanol–water partition coefficient (Wildman–Crippen LogP) is -0.432. The van der Waals surface area contributed by atoms with Crippen LogP contribution >= 0.6 is 0 Å². The van der Waals surface area contributed by atoms with Gasteiger partial charge in [-0.1, -0.05) is 0 Å². The summed E-state index contributed by atoms with van der Waals surface area (Å²) in [4.78, 5) is 10.3. The molecule has 2 unspecified atom stereocenters. The molecule has 0 aromatic rings. The molecule has 3 N–H and O–H groups in total. The summed E-state index contributed by atoms with van der Waals surface area (Å²) in [6.45, 7) is 5.14. The van der Waals surface area contributed by atoms with Crippen LogP contribution in [0.3, 0.4) is 0 Å². The number of quaternary nitrogens is 1. The molecular weight excluding hydrogens is 118 g/mol. The summed E-state index contributed by atoms with van der Waals surface area (Å²) in [6, 6.07) is 0.161. The molecule has 54 valence electrons. The van der Waals surface area contributed by atoms with Crippen molar-refractivity contribution in [1.82, 2.24) is 0 Å². The van der Waals surface area contributed by atoms with Gasteiger partial charge in [0.1, 0.15) is 12.1 Å². The number of ether oxygens (including phenoxy) is 1. The Bertz CT molecular complexity index is 101. The number of hydrogen-bond acceptors (Lipinski definition) is 2. The van der Waals surface area contributed by atoms with E-state index in [-0.39, 0.29) is 18.1 Å². The Kier molecular flexibility index (Phi) is 3.24. The lowest BCUT2D eigenvalue weighted by Crippen LogP contribution is -2.64. The van der Waals surface area contributed by atoms with Crippen LogP contribution in [-0.2, 0) is 9.53 Å². The summed E-state index contributed by atoms with van der Waals surface area (Å²) >= 11 is 0. The molecule has 0 fully saturated rings. The zero-order valence-corrected chi connectivity index (χ0v) is 6.18. The second-order valence-corrected chi connectivity index (χ2v) is 2.29. The smallest absolute Gasteiger partial charge is 0.303 e. The summed E-state index contributed by atoms with van der Waals surface area (Å²) in [5.74, 6) is -0.238. The van der Waals surface area contributed by atoms with E-state index in [0.717, 1.165) is 0 Å². The number of esters is 1. The third kappa shape index (κ3) is 3.97. The van der Waals surface area contributed by atoms with Crippen LogP contribution in [0.1, 0.15) is 20.8 Å². The lowest BCUT2D eigenvalue weighted by molar-refractivity contribution is -0.430. The van der Waals surface area contributed by atoms with E-state index >= 15 is 0 Å². The van der Waals surface area contributed by atoms with Gasteiger partial charge in [0.25, 0.3) is 0 Å². The first-order chi connectivity index (χ1) is 4.04. The first-order valence-corrected chi connectivity index (χ1v) is 3.04. The fourth-order valence-electron chi connectivity index (χ4n) is 0.378. The molecule has 0 heterocycles. The Hall–Kier alpha value is -0.570. The van der Waals surface area contributed by atoms with Crippen molar-refractivity contribution >= 4 is 5.97 Å². The monoisotopic (exact) mass is 132 g/mol. The summed E-state index contributed by atoms with van der Waals surface area (Å²) in [6.07, 6.45) is -0.0671. The maximum absolute atomic E-state index is 10.3. The zero-order chi connectivity index (χ0) is 7.44. The van der Waals surface area contributed by atoms with Crippen LogP contribution in [0, 0.1) is 0 Å². The van der Waals surface area contributed by atoms with E-state index in [1.165, 1.54) is 6.92 Å². The van der Waals surface area contributed by atoms with Gasteiger partial charge >= 0.3 is 5.97 Å². The van der Waals surface area contributed by atoms with Crippen LogP contribution in [0.5, 0.6) is 0 Å². The van der Waals surface area contributed by atoms with Gasteiger partial charge in [-0.15, -0.1) is 0 Å². The van der Waals surface area contributed by atoms with E-state index in [9.17, 15) is 4.79 Å². The average molecular weight is 132 g/mol. The van der Waals surface area contributed by atoms with E-state index in [4.69, 9.17) is 4.74 Å². The van der Waals surface area contributed by atoms with Crippen LogP contribution in [0.25, 0.3) is 0 Å². The average Bonchev–Trinajstić information content (AvgIpc) is 1.63. The van der Waals surface area contributed by atoms with Crippen molar-refractivity contribution in [2.45, 2.75) is 32.9 Å². The molecule has 0 aromatic carbocycles. The Morgan fingerprint density at radius 3 is 2.11 bits per heavy atom. The minimum absolute atomic E-state index is 0.0671. The van der Waals surface area contributed by atoms with Crippen LogP contribution in [0.4, 0.5) is 0 Å². The second kappa shape index (κ2) is 3.45. The highest BCUT2D eigenvalue weighted by Crippen LogP contribution is 1.92. The highest BCUT2D eigenvalue weighted by atomic mass is 16.5. The lowest BCUT2D eigenvalue weighted by atomic mass is 10.2. The molecular formula is C6H14NO2+. The van der Waals surface area contributed by atoms with Gasteiger partial charge in [-0.05, 0) is 13.8 Å². The summed E-state index contributed by atoms with van der Waals surface area (Å²) in [7, 11) is 0. The van der Waals surface area contributed by atoms with E-state index < -0.39 is 0 Å². The quantitative estimate of drug-likeness (QED) is 0.518. The Balaban J connectivity index is 3.50. The molecule has 0 spiro atoms. The van der Waals surface area contributed by atoms with Crippen LogP contribution in [-0.4, -0.2) is 18.1 Å². The van der Waals surface area contributed by atoms with Gasteiger partial charge < -0.3 is 10.5 Å². The van der Waals surface area contributed by atoms with Gasteiger partial charge in [-0.25, -0.2) is 0 Å². The van der Waals surface area contributed by atoms with Crippen LogP contribution < -0.4 is 5.73 Å². The topological polar surface area (TPSA) is 53.9 Å². The molecule has 0 rings (SSSR count). The molecule has 3 heteroatoms. The number of hydrogen-bond donors (Lipinski definition) is 1. The number of carbonyl (C=O) groups is 1. The highest BCUT2D eigenvalue weighted by Gasteiger charge is 2.12. The summed E-state index contributed by atoms with van der Waals surface area (Å²) in [5, 5.41) is 0. The van der Waals surface area contributed by atoms with Gasteiger partial charge in [-0.2, -0.15) is 0 Å². The predicted molar refractivity (Wildman–Crippen MR) is 33.6 cm³/mol. The normalized spacial score (nSPS) is 16.4. The van der Waals surface area contributed by atoms with Gasteiger partial charge in [0.05, 0.1) is 0 Å².